The van der Waals surface area contributed by atoms with Crippen LogP contribution in [0.25, 0.3) is 0 Å². The van der Waals surface area contributed by atoms with Gasteiger partial charge in [0, 0.05) is 0 Å². The summed E-state index contributed by atoms with van der Waals surface area (Å²) >= 11 is 0. The van der Waals surface area contributed by atoms with Crippen molar-refractivity contribution in [2.45, 2.75) is 142 Å². The molecule has 0 bridgehead atoms. The molecule has 190 valence electrons. The van der Waals surface area contributed by atoms with Crippen LogP contribution in [0.5, 0.6) is 0 Å². The first-order chi connectivity index (χ1) is 13.7. The standard InChI is InChI=1S/C24H52O5Si3/c1-21(2,3)30(11,12)27-19(25)17-24(10,29-32(15,16)23(7,8)9)18-20(26)28-31(13,14)22(4,5)6/h17-18H2,1-16H3. The Morgan fingerprint density at radius 2 is 0.781 bits per heavy atom. The molecule has 0 spiro atoms. The molecule has 0 atom stereocenters. The second-order valence-electron chi connectivity index (χ2n) is 14.1. The Bertz CT molecular complexity index is 635. The maximum atomic E-state index is 13.1. The van der Waals surface area contributed by atoms with Gasteiger partial charge in [-0.25, -0.2) is 0 Å². The van der Waals surface area contributed by atoms with E-state index in [4.69, 9.17) is 13.3 Å². The quantitative estimate of drug-likeness (QED) is 0.318. The highest BCUT2D eigenvalue weighted by molar-refractivity contribution is 6.76. The minimum atomic E-state index is -2.27. The lowest BCUT2D eigenvalue weighted by atomic mass is 9.98. The van der Waals surface area contributed by atoms with Gasteiger partial charge >= 0.3 is 0 Å². The summed E-state index contributed by atoms with van der Waals surface area (Å²) in [4.78, 5) is 26.2. The number of hydrogen-bond donors (Lipinski definition) is 0. The number of carbonyl (C=O) groups excluding carboxylic acids is 2. The zero-order chi connectivity index (χ0) is 26.2. The van der Waals surface area contributed by atoms with Crippen molar-refractivity contribution in [3.63, 3.8) is 0 Å². The predicted octanol–water partition coefficient (Wildman–Crippen LogP) is 7.64. The van der Waals surface area contributed by atoms with Gasteiger partial charge in [0.1, 0.15) is 0 Å². The van der Waals surface area contributed by atoms with Gasteiger partial charge in [-0.15, -0.1) is 0 Å². The Morgan fingerprint density at radius 1 is 0.531 bits per heavy atom. The van der Waals surface area contributed by atoms with E-state index in [-0.39, 0.29) is 39.9 Å². The van der Waals surface area contributed by atoms with Crippen molar-refractivity contribution >= 4 is 36.9 Å². The highest BCUT2D eigenvalue weighted by Crippen LogP contribution is 2.43. The van der Waals surface area contributed by atoms with E-state index in [1.165, 1.54) is 0 Å². The first-order valence-electron chi connectivity index (χ1n) is 11.8. The third-order valence-electron chi connectivity index (χ3n) is 7.69. The molecule has 0 radical (unpaired) electrons. The van der Waals surface area contributed by atoms with Crippen LogP contribution in [0.4, 0.5) is 0 Å². The van der Waals surface area contributed by atoms with E-state index in [0.717, 1.165) is 0 Å². The molecule has 0 aromatic rings. The summed E-state index contributed by atoms with van der Waals surface area (Å²) in [6, 6.07) is 0. The summed E-state index contributed by atoms with van der Waals surface area (Å²) in [7, 11) is -6.80. The molecule has 0 fully saturated rings. The van der Waals surface area contributed by atoms with E-state index in [2.05, 4.69) is 102 Å². The third-order valence-corrected chi connectivity index (χ3v) is 21.0. The van der Waals surface area contributed by atoms with Gasteiger partial charge in [0.15, 0.2) is 8.32 Å². The van der Waals surface area contributed by atoms with Gasteiger partial charge in [-0.1, -0.05) is 62.3 Å². The molecule has 32 heavy (non-hydrogen) atoms. The molecule has 0 heterocycles. The van der Waals surface area contributed by atoms with Gasteiger partial charge < -0.3 is 13.3 Å². The monoisotopic (exact) mass is 504 g/mol. The molecule has 0 aliphatic rings. The summed E-state index contributed by atoms with van der Waals surface area (Å²) < 4.78 is 18.8. The van der Waals surface area contributed by atoms with Crippen LogP contribution < -0.4 is 0 Å². The predicted molar refractivity (Wildman–Crippen MR) is 142 cm³/mol. The molecule has 0 saturated carbocycles. The lowest BCUT2D eigenvalue weighted by Gasteiger charge is -2.44. The van der Waals surface area contributed by atoms with Crippen molar-refractivity contribution in [2.24, 2.45) is 0 Å². The lowest BCUT2D eigenvalue weighted by molar-refractivity contribution is -0.144. The molecule has 0 rings (SSSR count). The molecule has 0 saturated heterocycles. The first kappa shape index (κ1) is 31.6. The van der Waals surface area contributed by atoms with E-state index in [9.17, 15) is 9.59 Å². The molecule has 0 N–H and O–H groups in total. The highest BCUT2D eigenvalue weighted by atomic mass is 28.4. The summed E-state index contributed by atoms with van der Waals surface area (Å²) in [5.41, 5.74) is -0.970. The molecule has 0 aromatic carbocycles. The lowest BCUT2D eigenvalue weighted by Crippen LogP contribution is -2.52. The zero-order valence-corrected chi connectivity index (χ0v) is 27.0. The highest BCUT2D eigenvalue weighted by Gasteiger charge is 2.48. The third kappa shape index (κ3) is 8.72. The van der Waals surface area contributed by atoms with Crippen molar-refractivity contribution in [3.05, 3.63) is 0 Å². The van der Waals surface area contributed by atoms with Crippen LogP contribution in [0.15, 0.2) is 0 Å². The normalized spacial score (nSPS) is 14.9. The van der Waals surface area contributed by atoms with Gasteiger partial charge in [-0.05, 0) is 61.3 Å². The van der Waals surface area contributed by atoms with Crippen molar-refractivity contribution in [2.75, 3.05) is 0 Å². The smallest absolute Gasteiger partial charge is 0.295 e. The topological polar surface area (TPSA) is 61.8 Å². The van der Waals surface area contributed by atoms with Gasteiger partial charge in [-0.2, -0.15) is 0 Å². The second kappa shape index (κ2) is 9.66. The van der Waals surface area contributed by atoms with E-state index in [1.54, 1.807) is 0 Å². The fourth-order valence-electron chi connectivity index (χ4n) is 2.46. The van der Waals surface area contributed by atoms with Gasteiger partial charge in [0.2, 0.25) is 0 Å². The van der Waals surface area contributed by atoms with Crippen molar-refractivity contribution in [1.82, 2.24) is 0 Å². The van der Waals surface area contributed by atoms with E-state index >= 15 is 0 Å². The summed E-state index contributed by atoms with van der Waals surface area (Å²) in [6.45, 7) is 33.5. The number of carbonyl (C=O) groups is 2. The van der Waals surface area contributed by atoms with E-state index < -0.39 is 30.6 Å². The van der Waals surface area contributed by atoms with E-state index in [0.29, 0.717) is 0 Å². The van der Waals surface area contributed by atoms with Crippen molar-refractivity contribution in [3.8, 4) is 0 Å². The minimum absolute atomic E-state index is 0.0403. The largest absolute Gasteiger partial charge is 0.519 e. The van der Waals surface area contributed by atoms with E-state index in [1.807, 2.05) is 6.92 Å². The molecular formula is C24H52O5Si3. The summed E-state index contributed by atoms with van der Waals surface area (Å²) in [6.07, 6.45) is 0.0806. The SMILES string of the molecule is CC(CC(=O)O[Si](C)(C)C(C)(C)C)(CC(=O)O[Si](C)(C)C(C)(C)C)O[Si](C)(C)C(C)(C)C. The first-order valence-corrected chi connectivity index (χ1v) is 20.5. The van der Waals surface area contributed by atoms with Gasteiger partial charge in [-0.3, -0.25) is 9.59 Å². The van der Waals surface area contributed by atoms with Crippen molar-refractivity contribution in [1.29, 1.82) is 0 Å². The van der Waals surface area contributed by atoms with Gasteiger partial charge in [0.25, 0.3) is 28.6 Å². The fourth-order valence-corrected chi connectivity index (χ4v) is 6.04. The molecule has 0 aliphatic heterocycles. The van der Waals surface area contributed by atoms with Crippen LogP contribution in [-0.4, -0.2) is 42.5 Å². The average Bonchev–Trinajstić information content (AvgIpc) is 2.39. The molecule has 0 aromatic heterocycles. The Hall–Kier alpha value is -0.449. The maximum absolute atomic E-state index is 13.1. The number of hydrogen-bond acceptors (Lipinski definition) is 5. The van der Waals surface area contributed by atoms with Crippen LogP contribution in [0.2, 0.25) is 54.4 Å². The average molecular weight is 505 g/mol. The zero-order valence-electron chi connectivity index (χ0n) is 24.0. The van der Waals surface area contributed by atoms with Crippen LogP contribution in [0.1, 0.15) is 82.1 Å². The van der Waals surface area contributed by atoms with Crippen LogP contribution in [0.3, 0.4) is 0 Å². The number of rotatable bonds is 8. The Kier molecular flexibility index (Phi) is 9.52. The minimum Gasteiger partial charge on any atom is -0.519 e. The molecule has 0 aliphatic carbocycles. The Labute approximate surface area is 201 Å². The molecular weight excluding hydrogens is 453 g/mol. The molecule has 8 heteroatoms. The fraction of sp³-hybridized carbons (Fsp3) is 0.917. The second-order valence-corrected chi connectivity index (χ2v) is 28.3. The van der Waals surface area contributed by atoms with Crippen LogP contribution in [0, 0.1) is 0 Å². The summed E-state index contributed by atoms with van der Waals surface area (Å²) in [5, 5.41) is -0.220. The maximum Gasteiger partial charge on any atom is 0.295 e. The van der Waals surface area contributed by atoms with Crippen molar-refractivity contribution < 1.29 is 22.9 Å². The van der Waals surface area contributed by atoms with Crippen LogP contribution in [-0.2, 0) is 22.9 Å². The molecule has 0 unspecified atom stereocenters. The molecule has 0 amide bonds. The van der Waals surface area contributed by atoms with Gasteiger partial charge in [0.05, 0.1) is 18.4 Å². The van der Waals surface area contributed by atoms with Crippen LogP contribution >= 0.6 is 0 Å². The Balaban J connectivity index is 5.87. The summed E-state index contributed by atoms with van der Waals surface area (Å²) in [5.74, 6) is -0.587. The Morgan fingerprint density at radius 3 is 1.00 bits per heavy atom. The molecule has 5 nitrogen and oxygen atoms in total.